The summed E-state index contributed by atoms with van der Waals surface area (Å²) in [5.74, 6) is -0.328. The fraction of sp³-hybridized carbons (Fsp3) is 0.800. The molecule has 0 saturated carbocycles. The fourth-order valence-electron chi connectivity index (χ4n) is 1.07. The molecular formula is C10H19NO3. The van der Waals surface area contributed by atoms with Crippen molar-refractivity contribution in [1.29, 1.82) is 0 Å². The van der Waals surface area contributed by atoms with Crippen LogP contribution in [0.15, 0.2) is 0 Å². The fourth-order valence-corrected chi connectivity index (χ4v) is 1.07. The zero-order valence-corrected chi connectivity index (χ0v) is 9.04. The van der Waals surface area contributed by atoms with Crippen LogP contribution in [0.4, 0.5) is 0 Å². The highest BCUT2D eigenvalue weighted by Crippen LogP contribution is 2.01. The molecular weight excluding hydrogens is 182 g/mol. The lowest BCUT2D eigenvalue weighted by atomic mass is 10.1. The number of hydrogen-bond donors (Lipinski definition) is 2. The van der Waals surface area contributed by atoms with Crippen LogP contribution in [-0.4, -0.2) is 29.4 Å². The molecule has 0 amide bonds. The van der Waals surface area contributed by atoms with Gasteiger partial charge in [0.25, 0.3) is 0 Å². The Bertz CT molecular complexity index is 202. The first-order valence-electron chi connectivity index (χ1n) is 4.91. The zero-order valence-electron chi connectivity index (χ0n) is 9.04. The van der Waals surface area contributed by atoms with Crippen molar-refractivity contribution in [3.63, 3.8) is 0 Å². The van der Waals surface area contributed by atoms with Crippen LogP contribution in [0.5, 0.6) is 0 Å². The van der Waals surface area contributed by atoms with Crippen LogP contribution in [0, 0.1) is 5.92 Å². The summed E-state index contributed by atoms with van der Waals surface area (Å²) in [6, 6.07) is -0.582. The Morgan fingerprint density at radius 2 is 1.86 bits per heavy atom. The molecule has 82 valence electrons. The number of Topliss-reactive ketones (excluding diaryl/α,β-unsaturated/α-hetero) is 1. The minimum Gasteiger partial charge on any atom is -0.480 e. The highest BCUT2D eigenvalue weighted by atomic mass is 16.4. The van der Waals surface area contributed by atoms with E-state index in [1.165, 1.54) is 0 Å². The van der Waals surface area contributed by atoms with E-state index in [0.717, 1.165) is 0 Å². The van der Waals surface area contributed by atoms with Gasteiger partial charge in [-0.15, -0.1) is 0 Å². The number of carbonyl (C=O) groups is 2. The van der Waals surface area contributed by atoms with Gasteiger partial charge in [0, 0.05) is 19.4 Å². The van der Waals surface area contributed by atoms with Crippen molar-refractivity contribution in [3.8, 4) is 0 Å². The van der Waals surface area contributed by atoms with Gasteiger partial charge in [-0.05, 0) is 12.8 Å². The van der Waals surface area contributed by atoms with Crippen LogP contribution in [0.2, 0.25) is 0 Å². The Morgan fingerprint density at radius 3 is 2.29 bits per heavy atom. The molecule has 4 heteroatoms. The second-order valence-corrected chi connectivity index (χ2v) is 3.90. The summed E-state index contributed by atoms with van der Waals surface area (Å²) in [5, 5.41) is 11.3. The van der Waals surface area contributed by atoms with E-state index in [1.807, 2.05) is 13.8 Å². The lowest BCUT2D eigenvalue weighted by Crippen LogP contribution is -2.35. The molecule has 14 heavy (non-hydrogen) atoms. The van der Waals surface area contributed by atoms with Crippen molar-refractivity contribution in [2.24, 2.45) is 5.92 Å². The first kappa shape index (κ1) is 13.1. The lowest BCUT2D eigenvalue weighted by Gasteiger charge is -2.08. The highest BCUT2D eigenvalue weighted by Gasteiger charge is 2.10. The van der Waals surface area contributed by atoms with Crippen LogP contribution in [0.3, 0.4) is 0 Å². The summed E-state index contributed by atoms with van der Waals surface area (Å²) in [4.78, 5) is 21.6. The minimum atomic E-state index is -0.888. The van der Waals surface area contributed by atoms with Crippen molar-refractivity contribution in [2.45, 2.75) is 39.7 Å². The number of carbonyl (C=O) groups excluding carboxylic acids is 1. The molecule has 0 aliphatic heterocycles. The average molecular weight is 201 g/mol. The van der Waals surface area contributed by atoms with Crippen LogP contribution in [0.1, 0.15) is 33.6 Å². The quantitative estimate of drug-likeness (QED) is 0.646. The largest absolute Gasteiger partial charge is 0.480 e. The predicted octanol–water partition coefficient (Wildman–Crippen LogP) is 1.05. The van der Waals surface area contributed by atoms with Gasteiger partial charge in [0.15, 0.2) is 0 Å². The molecule has 0 fully saturated rings. The number of aliphatic carboxylic acids is 1. The summed E-state index contributed by atoms with van der Waals surface area (Å²) in [6.07, 6.45) is 0.985. The molecule has 0 aromatic heterocycles. The van der Waals surface area contributed by atoms with E-state index in [9.17, 15) is 9.59 Å². The Labute approximate surface area is 84.7 Å². The smallest absolute Gasteiger partial charge is 0.320 e. The van der Waals surface area contributed by atoms with E-state index in [4.69, 9.17) is 5.11 Å². The molecule has 2 N–H and O–H groups in total. The number of hydrogen-bond acceptors (Lipinski definition) is 3. The molecule has 0 aliphatic rings. The molecule has 0 aromatic carbocycles. The maximum atomic E-state index is 11.2. The number of rotatable bonds is 7. The van der Waals surface area contributed by atoms with E-state index in [2.05, 4.69) is 5.32 Å². The highest BCUT2D eigenvalue weighted by molar-refractivity contribution is 5.79. The van der Waals surface area contributed by atoms with Crippen LogP contribution in [0.25, 0.3) is 0 Å². The lowest BCUT2D eigenvalue weighted by molar-refractivity contribution is -0.139. The van der Waals surface area contributed by atoms with E-state index < -0.39 is 12.0 Å². The van der Waals surface area contributed by atoms with Crippen molar-refractivity contribution in [3.05, 3.63) is 0 Å². The van der Waals surface area contributed by atoms with Gasteiger partial charge in [-0.1, -0.05) is 13.8 Å². The third-order valence-corrected chi connectivity index (χ3v) is 1.86. The molecule has 0 aromatic rings. The molecule has 0 heterocycles. The van der Waals surface area contributed by atoms with Crippen molar-refractivity contribution >= 4 is 11.8 Å². The average Bonchev–Trinajstić information content (AvgIpc) is 2.02. The normalized spacial score (nSPS) is 12.9. The van der Waals surface area contributed by atoms with Crippen molar-refractivity contribution < 1.29 is 14.7 Å². The molecule has 0 radical (unpaired) electrons. The summed E-state index contributed by atoms with van der Waals surface area (Å²) in [7, 11) is 0. The van der Waals surface area contributed by atoms with Gasteiger partial charge in [-0.25, -0.2) is 0 Å². The van der Waals surface area contributed by atoms with Crippen molar-refractivity contribution in [1.82, 2.24) is 5.32 Å². The SMILES string of the molecule is CC(C)CC(=O)CCNC(C)C(=O)O. The van der Waals surface area contributed by atoms with Gasteiger partial charge < -0.3 is 10.4 Å². The van der Waals surface area contributed by atoms with Gasteiger partial charge in [-0.3, -0.25) is 9.59 Å². The third kappa shape index (κ3) is 6.60. The number of carboxylic acids is 1. The summed E-state index contributed by atoms with van der Waals surface area (Å²) in [5.41, 5.74) is 0. The first-order chi connectivity index (χ1) is 6.43. The number of ketones is 1. The molecule has 1 atom stereocenters. The van der Waals surface area contributed by atoms with Gasteiger partial charge in [0.1, 0.15) is 11.8 Å². The predicted molar refractivity (Wildman–Crippen MR) is 54.2 cm³/mol. The zero-order chi connectivity index (χ0) is 11.1. The maximum absolute atomic E-state index is 11.2. The van der Waals surface area contributed by atoms with Crippen LogP contribution >= 0.6 is 0 Å². The summed E-state index contributed by atoms with van der Waals surface area (Å²) < 4.78 is 0. The Kier molecular flexibility index (Phi) is 6.12. The van der Waals surface area contributed by atoms with E-state index >= 15 is 0 Å². The van der Waals surface area contributed by atoms with Gasteiger partial charge in [0.2, 0.25) is 0 Å². The first-order valence-corrected chi connectivity index (χ1v) is 4.91. The van der Waals surface area contributed by atoms with E-state index in [0.29, 0.717) is 25.3 Å². The minimum absolute atomic E-state index is 0.185. The standard InChI is InChI=1S/C10H19NO3/c1-7(2)6-9(12)4-5-11-8(3)10(13)14/h7-8,11H,4-6H2,1-3H3,(H,13,14). The second-order valence-electron chi connectivity index (χ2n) is 3.90. The van der Waals surface area contributed by atoms with Gasteiger partial charge in [-0.2, -0.15) is 0 Å². The topological polar surface area (TPSA) is 66.4 Å². The third-order valence-electron chi connectivity index (χ3n) is 1.86. The molecule has 1 unspecified atom stereocenters. The Morgan fingerprint density at radius 1 is 1.29 bits per heavy atom. The summed E-state index contributed by atoms with van der Waals surface area (Å²) in [6.45, 7) is 5.99. The summed E-state index contributed by atoms with van der Waals surface area (Å²) >= 11 is 0. The molecule has 0 spiro atoms. The molecule has 0 aliphatic carbocycles. The molecule has 0 saturated heterocycles. The van der Waals surface area contributed by atoms with Crippen molar-refractivity contribution in [2.75, 3.05) is 6.54 Å². The van der Waals surface area contributed by atoms with Gasteiger partial charge in [0.05, 0.1) is 0 Å². The number of carboxylic acid groups (broad SMARTS) is 1. The second kappa shape index (κ2) is 6.54. The number of nitrogens with one attached hydrogen (secondary N) is 1. The molecule has 0 bridgehead atoms. The van der Waals surface area contributed by atoms with Gasteiger partial charge >= 0.3 is 5.97 Å². The maximum Gasteiger partial charge on any atom is 0.320 e. The van der Waals surface area contributed by atoms with Crippen LogP contribution < -0.4 is 5.32 Å². The Balaban J connectivity index is 3.54. The molecule has 0 rings (SSSR count). The van der Waals surface area contributed by atoms with Crippen LogP contribution in [-0.2, 0) is 9.59 Å². The Hall–Kier alpha value is -0.900. The van der Waals surface area contributed by atoms with E-state index in [-0.39, 0.29) is 5.78 Å². The van der Waals surface area contributed by atoms with E-state index in [1.54, 1.807) is 6.92 Å². The molecule has 4 nitrogen and oxygen atoms in total. The monoisotopic (exact) mass is 201 g/mol.